The van der Waals surface area contributed by atoms with Crippen molar-refractivity contribution in [2.75, 3.05) is 0 Å². The minimum Gasteiger partial charge on any atom is -0.282 e. The van der Waals surface area contributed by atoms with E-state index >= 15 is 0 Å². The van der Waals surface area contributed by atoms with Crippen molar-refractivity contribution in [2.45, 2.75) is 95.8 Å². The van der Waals surface area contributed by atoms with Crippen LogP contribution in [0.15, 0.2) is 129 Å². The molecule has 0 amide bonds. The standard InChI is InChI=1S/C32H34O14S6/c1-31(2,3)27-17-15-25(19-29(27)51(41,42)43)48(35,36)26-16-18-28(30(20-26)52(44,45)46)49(37,38)23-9-7-21(8-10-23)47(33,34)22-11-13-24(14-12-22)50(39,40)32(4,5)6/h7-20H,1-6H3,(H,41,42,43)(H,44,45,46). The molecule has 20 heteroatoms. The van der Waals surface area contributed by atoms with Gasteiger partial charge in [-0.15, -0.1) is 0 Å². The molecule has 4 rings (SSSR count). The Morgan fingerprint density at radius 3 is 1.10 bits per heavy atom. The molecule has 0 bridgehead atoms. The first-order chi connectivity index (χ1) is 23.3. The van der Waals surface area contributed by atoms with Crippen molar-refractivity contribution in [3.63, 3.8) is 0 Å². The number of benzene rings is 4. The summed E-state index contributed by atoms with van der Waals surface area (Å²) in [5.74, 6) is 0. The molecule has 0 aromatic heterocycles. The second kappa shape index (κ2) is 13.1. The van der Waals surface area contributed by atoms with Gasteiger partial charge in [-0.2, -0.15) is 16.8 Å². The van der Waals surface area contributed by atoms with Crippen LogP contribution >= 0.6 is 0 Å². The van der Waals surface area contributed by atoms with E-state index in [1.165, 1.54) is 20.8 Å². The summed E-state index contributed by atoms with van der Waals surface area (Å²) in [4.78, 5) is -6.18. The fourth-order valence-electron chi connectivity index (χ4n) is 4.93. The lowest BCUT2D eigenvalue weighted by molar-refractivity contribution is 0.475. The van der Waals surface area contributed by atoms with Gasteiger partial charge in [-0.1, -0.05) is 26.8 Å². The van der Waals surface area contributed by atoms with E-state index in [4.69, 9.17) is 0 Å². The molecule has 0 saturated heterocycles. The summed E-state index contributed by atoms with van der Waals surface area (Å²) in [6.07, 6.45) is 0. The third-order valence-electron chi connectivity index (χ3n) is 7.84. The molecular weight excluding hydrogens is 801 g/mol. The van der Waals surface area contributed by atoms with Crippen LogP contribution in [-0.4, -0.2) is 64.4 Å². The Balaban J connectivity index is 1.77. The first-order valence-corrected chi connectivity index (χ1v) is 23.6. The van der Waals surface area contributed by atoms with E-state index in [1.807, 2.05) is 0 Å². The van der Waals surface area contributed by atoms with Crippen molar-refractivity contribution in [3.05, 3.63) is 90.5 Å². The number of hydrogen-bond acceptors (Lipinski definition) is 12. The van der Waals surface area contributed by atoms with Crippen molar-refractivity contribution < 1.29 is 59.6 Å². The van der Waals surface area contributed by atoms with Gasteiger partial charge in [0.2, 0.25) is 29.5 Å². The summed E-state index contributed by atoms with van der Waals surface area (Å²) in [5, 5.41) is 0. The van der Waals surface area contributed by atoms with E-state index in [1.54, 1.807) is 20.8 Å². The zero-order chi connectivity index (χ0) is 39.7. The highest BCUT2D eigenvalue weighted by Crippen LogP contribution is 2.36. The molecule has 52 heavy (non-hydrogen) atoms. The van der Waals surface area contributed by atoms with E-state index in [-0.39, 0.29) is 15.4 Å². The monoisotopic (exact) mass is 834 g/mol. The highest BCUT2D eigenvalue weighted by Gasteiger charge is 2.34. The van der Waals surface area contributed by atoms with Crippen molar-refractivity contribution in [3.8, 4) is 0 Å². The predicted octanol–water partition coefficient (Wildman–Crippen LogP) is 4.55. The van der Waals surface area contributed by atoms with Gasteiger partial charge in [-0.25, -0.2) is 33.7 Å². The van der Waals surface area contributed by atoms with Gasteiger partial charge in [-0.05, 0) is 111 Å². The highest BCUT2D eigenvalue weighted by atomic mass is 32.2. The van der Waals surface area contributed by atoms with Gasteiger partial charge < -0.3 is 0 Å². The number of sulfone groups is 4. The molecule has 0 aliphatic carbocycles. The molecule has 14 nitrogen and oxygen atoms in total. The first-order valence-electron chi connectivity index (χ1n) is 14.8. The summed E-state index contributed by atoms with van der Waals surface area (Å²) in [5.41, 5.74) is -0.801. The van der Waals surface area contributed by atoms with Gasteiger partial charge in [0.05, 0.1) is 43.9 Å². The molecule has 0 fully saturated rings. The molecule has 0 aliphatic heterocycles. The molecule has 0 aliphatic rings. The molecule has 0 radical (unpaired) electrons. The smallest absolute Gasteiger partial charge is 0.282 e. The Hall–Kier alpha value is -3.50. The lowest BCUT2D eigenvalue weighted by atomic mass is 9.87. The largest absolute Gasteiger partial charge is 0.295 e. The minimum absolute atomic E-state index is 0.0669. The Labute approximate surface area is 303 Å². The van der Waals surface area contributed by atoms with Gasteiger partial charge in [0.15, 0.2) is 9.84 Å². The lowest BCUT2D eigenvalue weighted by Crippen LogP contribution is -2.27. The average molecular weight is 835 g/mol. The highest BCUT2D eigenvalue weighted by molar-refractivity contribution is 7.93. The third-order valence-corrected chi connectivity index (χ3v) is 17.6. The van der Waals surface area contributed by atoms with Crippen molar-refractivity contribution in [1.29, 1.82) is 0 Å². The summed E-state index contributed by atoms with van der Waals surface area (Å²) in [6, 6.07) is 12.4. The number of hydrogen-bond donors (Lipinski definition) is 2. The Morgan fingerprint density at radius 2 is 0.712 bits per heavy atom. The Morgan fingerprint density at radius 1 is 0.385 bits per heavy atom. The van der Waals surface area contributed by atoms with E-state index in [9.17, 15) is 59.6 Å². The molecule has 4 aromatic carbocycles. The van der Waals surface area contributed by atoms with E-state index in [0.29, 0.717) is 24.3 Å². The second-order valence-corrected chi connectivity index (χ2v) is 24.8. The average Bonchev–Trinajstić information content (AvgIpc) is 3.02. The van der Waals surface area contributed by atoms with E-state index < -0.39 is 104 Å². The van der Waals surface area contributed by atoms with Gasteiger partial charge in [-0.3, -0.25) is 9.11 Å². The zero-order valence-corrected chi connectivity index (χ0v) is 33.2. The minimum atomic E-state index is -5.46. The molecule has 282 valence electrons. The van der Waals surface area contributed by atoms with Crippen molar-refractivity contribution >= 4 is 59.6 Å². The van der Waals surface area contributed by atoms with E-state index in [2.05, 4.69) is 0 Å². The van der Waals surface area contributed by atoms with Crippen LogP contribution in [0.1, 0.15) is 47.1 Å². The van der Waals surface area contributed by atoms with Crippen LogP contribution in [0.2, 0.25) is 0 Å². The van der Waals surface area contributed by atoms with Crippen LogP contribution in [0.5, 0.6) is 0 Å². The molecule has 0 spiro atoms. The van der Waals surface area contributed by atoms with Crippen LogP contribution in [0, 0.1) is 0 Å². The van der Waals surface area contributed by atoms with Gasteiger partial charge in [0.1, 0.15) is 4.90 Å². The molecule has 2 N–H and O–H groups in total. The molecule has 0 heterocycles. The number of rotatable bonds is 9. The Kier molecular flexibility index (Phi) is 10.4. The molecule has 0 unspecified atom stereocenters. The van der Waals surface area contributed by atoms with Gasteiger partial charge in [0, 0.05) is 0 Å². The summed E-state index contributed by atoms with van der Waals surface area (Å²) < 4.78 is 174. The van der Waals surface area contributed by atoms with Crippen LogP contribution in [0.4, 0.5) is 0 Å². The fourth-order valence-corrected chi connectivity index (χ4v) is 12.3. The van der Waals surface area contributed by atoms with Crippen molar-refractivity contribution in [2.24, 2.45) is 0 Å². The van der Waals surface area contributed by atoms with E-state index in [0.717, 1.165) is 60.7 Å². The first kappa shape index (κ1) is 41.3. The summed E-state index contributed by atoms with van der Waals surface area (Å²) in [7, 11) is -28.2. The molecule has 4 aromatic rings. The summed E-state index contributed by atoms with van der Waals surface area (Å²) >= 11 is 0. The van der Waals surface area contributed by atoms with Crippen LogP contribution < -0.4 is 0 Å². The lowest BCUT2D eigenvalue weighted by Gasteiger charge is -2.22. The normalized spacial score (nSPS) is 13.9. The maximum Gasteiger partial charge on any atom is 0.295 e. The van der Waals surface area contributed by atoms with Crippen LogP contribution in [0.25, 0.3) is 0 Å². The zero-order valence-electron chi connectivity index (χ0n) is 28.3. The predicted molar refractivity (Wildman–Crippen MR) is 187 cm³/mol. The SMILES string of the molecule is CC(C)(C)c1ccc(S(=O)(=O)c2ccc(S(=O)(=O)c3ccc(S(=O)(=O)c4ccc(S(=O)(=O)C(C)(C)C)cc4)cc3)c(S(=O)(=O)O)c2)cc1S(=O)(=O)O. The van der Waals surface area contributed by atoms with Gasteiger partial charge in [0.25, 0.3) is 20.2 Å². The van der Waals surface area contributed by atoms with Crippen LogP contribution in [0.3, 0.4) is 0 Å². The topological polar surface area (TPSA) is 245 Å². The third kappa shape index (κ3) is 7.74. The molecule has 0 atom stereocenters. The Bertz CT molecular complexity index is 2760. The van der Waals surface area contributed by atoms with Crippen LogP contribution in [-0.2, 0) is 65.0 Å². The quantitative estimate of drug-likeness (QED) is 0.220. The van der Waals surface area contributed by atoms with Gasteiger partial charge >= 0.3 is 0 Å². The maximum atomic E-state index is 13.6. The fraction of sp³-hybridized carbons (Fsp3) is 0.250. The summed E-state index contributed by atoms with van der Waals surface area (Å²) in [6.45, 7) is 9.27. The van der Waals surface area contributed by atoms with Crippen molar-refractivity contribution in [1.82, 2.24) is 0 Å². The maximum absolute atomic E-state index is 13.6. The molecular formula is C32H34O14S6. The molecule has 0 saturated carbocycles. The second-order valence-electron chi connectivity index (χ2n) is 13.5.